The van der Waals surface area contributed by atoms with E-state index >= 15 is 0 Å². The predicted octanol–water partition coefficient (Wildman–Crippen LogP) is 2.61. The van der Waals surface area contributed by atoms with E-state index in [1.54, 1.807) is 0 Å². The molecule has 1 aliphatic heterocycles. The highest BCUT2D eigenvalue weighted by Gasteiger charge is 2.13. The summed E-state index contributed by atoms with van der Waals surface area (Å²) in [5, 5.41) is 6.98. The Kier molecular flexibility index (Phi) is 11.2. The Balaban J connectivity index is 1.70. The van der Waals surface area contributed by atoms with Crippen molar-refractivity contribution in [2.75, 3.05) is 59.9 Å². The number of benzene rings is 1. The van der Waals surface area contributed by atoms with Crippen molar-refractivity contribution >= 4 is 5.96 Å². The van der Waals surface area contributed by atoms with Gasteiger partial charge in [0.05, 0.1) is 0 Å². The van der Waals surface area contributed by atoms with Gasteiger partial charge in [0.1, 0.15) is 0 Å². The van der Waals surface area contributed by atoms with Crippen LogP contribution in [0.25, 0.3) is 0 Å². The second-order valence-electron chi connectivity index (χ2n) is 8.54. The molecule has 0 aromatic heterocycles. The van der Waals surface area contributed by atoms with Gasteiger partial charge in [-0.05, 0) is 57.6 Å². The molecule has 1 aromatic rings. The van der Waals surface area contributed by atoms with Gasteiger partial charge in [0.2, 0.25) is 0 Å². The molecule has 6 heteroatoms. The van der Waals surface area contributed by atoms with E-state index in [1.165, 1.54) is 37.2 Å². The first-order chi connectivity index (χ1) is 14.5. The molecule has 2 rings (SSSR count). The zero-order valence-corrected chi connectivity index (χ0v) is 20.0. The summed E-state index contributed by atoms with van der Waals surface area (Å²) in [5.74, 6) is 0.881. The van der Waals surface area contributed by atoms with Gasteiger partial charge in [-0.3, -0.25) is 9.89 Å². The first kappa shape index (κ1) is 24.6. The maximum absolute atomic E-state index is 4.39. The highest BCUT2D eigenvalue weighted by Crippen LogP contribution is 2.10. The maximum atomic E-state index is 4.39. The van der Waals surface area contributed by atoms with Crippen molar-refractivity contribution in [2.45, 2.75) is 52.7 Å². The second kappa shape index (κ2) is 13.6. The van der Waals surface area contributed by atoms with Crippen molar-refractivity contribution in [2.24, 2.45) is 4.99 Å². The van der Waals surface area contributed by atoms with Crippen LogP contribution < -0.4 is 10.6 Å². The molecule has 1 aromatic carbocycles. The zero-order valence-electron chi connectivity index (χ0n) is 20.0. The lowest BCUT2D eigenvalue weighted by atomic mass is 10.1. The Labute approximate surface area is 184 Å². The van der Waals surface area contributed by atoms with Crippen LogP contribution in [0.15, 0.2) is 29.3 Å². The number of guanidine groups is 1. The SMILES string of the molecule is CCN(CC)CCCC(C)NC(=NC)NCc1ccc(CN2CCN(C)CC2)cc1. The third-order valence-corrected chi connectivity index (χ3v) is 6.10. The number of aliphatic imine (C=N–C) groups is 1. The summed E-state index contributed by atoms with van der Waals surface area (Å²) in [5.41, 5.74) is 2.68. The van der Waals surface area contributed by atoms with E-state index in [-0.39, 0.29) is 0 Å². The van der Waals surface area contributed by atoms with Crippen molar-refractivity contribution in [1.82, 2.24) is 25.3 Å². The van der Waals surface area contributed by atoms with E-state index in [4.69, 9.17) is 0 Å². The summed E-state index contributed by atoms with van der Waals surface area (Å²) in [7, 11) is 4.05. The molecule has 6 nitrogen and oxygen atoms in total. The van der Waals surface area contributed by atoms with Gasteiger partial charge < -0.3 is 20.4 Å². The number of nitrogens with zero attached hydrogens (tertiary/aromatic N) is 4. The van der Waals surface area contributed by atoms with Gasteiger partial charge in [-0.15, -0.1) is 0 Å². The van der Waals surface area contributed by atoms with Crippen LogP contribution in [0.4, 0.5) is 0 Å². The monoisotopic (exact) mass is 416 g/mol. The fourth-order valence-corrected chi connectivity index (χ4v) is 3.87. The van der Waals surface area contributed by atoms with Gasteiger partial charge in [-0.1, -0.05) is 38.1 Å². The molecule has 170 valence electrons. The number of hydrogen-bond donors (Lipinski definition) is 2. The average Bonchev–Trinajstić information content (AvgIpc) is 2.76. The highest BCUT2D eigenvalue weighted by molar-refractivity contribution is 5.79. The molecule has 1 saturated heterocycles. The first-order valence-corrected chi connectivity index (χ1v) is 11.7. The lowest BCUT2D eigenvalue weighted by molar-refractivity contribution is 0.148. The molecule has 0 bridgehead atoms. The fourth-order valence-electron chi connectivity index (χ4n) is 3.87. The summed E-state index contributed by atoms with van der Waals surface area (Å²) in [6.45, 7) is 16.6. The molecule has 30 heavy (non-hydrogen) atoms. The number of piperazine rings is 1. The predicted molar refractivity (Wildman–Crippen MR) is 129 cm³/mol. The average molecular weight is 417 g/mol. The van der Waals surface area contributed by atoms with Gasteiger partial charge in [-0.25, -0.2) is 0 Å². The molecule has 1 aliphatic rings. The maximum Gasteiger partial charge on any atom is 0.191 e. The Morgan fingerprint density at radius 3 is 2.30 bits per heavy atom. The van der Waals surface area contributed by atoms with Crippen LogP contribution in [0.1, 0.15) is 44.7 Å². The van der Waals surface area contributed by atoms with Crippen molar-refractivity contribution in [3.8, 4) is 0 Å². The van der Waals surface area contributed by atoms with E-state index in [2.05, 4.69) is 82.4 Å². The summed E-state index contributed by atoms with van der Waals surface area (Å²) < 4.78 is 0. The summed E-state index contributed by atoms with van der Waals surface area (Å²) in [6.07, 6.45) is 2.36. The normalized spacial score (nSPS) is 17.3. The minimum atomic E-state index is 0.415. The smallest absolute Gasteiger partial charge is 0.191 e. The van der Waals surface area contributed by atoms with Crippen LogP contribution in [-0.4, -0.2) is 86.6 Å². The van der Waals surface area contributed by atoms with E-state index in [0.717, 1.165) is 51.6 Å². The number of hydrogen-bond acceptors (Lipinski definition) is 4. The lowest BCUT2D eigenvalue weighted by Gasteiger charge is -2.32. The van der Waals surface area contributed by atoms with Gasteiger partial charge in [0.25, 0.3) is 0 Å². The summed E-state index contributed by atoms with van der Waals surface area (Å²) in [4.78, 5) is 11.8. The number of rotatable bonds is 11. The molecule has 2 N–H and O–H groups in total. The topological polar surface area (TPSA) is 46.1 Å². The van der Waals surface area contributed by atoms with Crippen LogP contribution >= 0.6 is 0 Å². The first-order valence-electron chi connectivity index (χ1n) is 11.7. The fraction of sp³-hybridized carbons (Fsp3) is 0.708. The van der Waals surface area contributed by atoms with Crippen molar-refractivity contribution in [3.63, 3.8) is 0 Å². The molecule has 1 heterocycles. The molecule has 0 amide bonds. The van der Waals surface area contributed by atoms with E-state index in [1.807, 2.05) is 7.05 Å². The van der Waals surface area contributed by atoms with Crippen molar-refractivity contribution in [1.29, 1.82) is 0 Å². The third kappa shape index (κ3) is 9.02. The molecule has 0 aliphatic carbocycles. The Morgan fingerprint density at radius 1 is 1.07 bits per heavy atom. The molecule has 0 radical (unpaired) electrons. The molecule has 1 unspecified atom stereocenters. The Morgan fingerprint density at radius 2 is 1.70 bits per heavy atom. The van der Waals surface area contributed by atoms with E-state index < -0.39 is 0 Å². The molecule has 0 spiro atoms. The van der Waals surface area contributed by atoms with Crippen molar-refractivity contribution < 1.29 is 0 Å². The zero-order chi connectivity index (χ0) is 21.8. The molecule has 0 saturated carbocycles. The molecular weight excluding hydrogens is 372 g/mol. The molecule has 1 fully saturated rings. The van der Waals surface area contributed by atoms with Crippen LogP contribution in [-0.2, 0) is 13.1 Å². The number of nitrogens with one attached hydrogen (secondary N) is 2. The van der Waals surface area contributed by atoms with Crippen LogP contribution in [0, 0.1) is 0 Å². The molecular formula is C24H44N6. The van der Waals surface area contributed by atoms with Crippen LogP contribution in [0.5, 0.6) is 0 Å². The molecule has 1 atom stereocenters. The Hall–Kier alpha value is -1.63. The standard InChI is InChI=1S/C24H44N6/c1-6-29(7-2)14-8-9-21(3)27-24(25-4)26-19-22-10-12-23(13-11-22)20-30-17-15-28(5)16-18-30/h10-13,21H,6-9,14-20H2,1-5H3,(H2,25,26,27). The van der Waals surface area contributed by atoms with Crippen molar-refractivity contribution in [3.05, 3.63) is 35.4 Å². The van der Waals surface area contributed by atoms with E-state index in [9.17, 15) is 0 Å². The summed E-state index contributed by atoms with van der Waals surface area (Å²) in [6, 6.07) is 9.42. The second-order valence-corrected chi connectivity index (χ2v) is 8.54. The quantitative estimate of drug-likeness (QED) is 0.429. The van der Waals surface area contributed by atoms with Gasteiger partial charge >= 0.3 is 0 Å². The largest absolute Gasteiger partial charge is 0.354 e. The Bertz CT molecular complexity index is 603. The number of likely N-dealkylation sites (N-methyl/N-ethyl adjacent to an activating group) is 1. The van der Waals surface area contributed by atoms with Gasteiger partial charge in [0.15, 0.2) is 5.96 Å². The minimum Gasteiger partial charge on any atom is -0.354 e. The van der Waals surface area contributed by atoms with Gasteiger partial charge in [-0.2, -0.15) is 0 Å². The summed E-state index contributed by atoms with van der Waals surface area (Å²) >= 11 is 0. The van der Waals surface area contributed by atoms with E-state index in [0.29, 0.717) is 6.04 Å². The van der Waals surface area contributed by atoms with Crippen LogP contribution in [0.2, 0.25) is 0 Å². The lowest BCUT2D eigenvalue weighted by Crippen LogP contribution is -2.43. The minimum absolute atomic E-state index is 0.415. The van der Waals surface area contributed by atoms with Gasteiger partial charge in [0, 0.05) is 52.4 Å². The highest BCUT2D eigenvalue weighted by atomic mass is 15.2. The third-order valence-electron chi connectivity index (χ3n) is 6.10. The van der Waals surface area contributed by atoms with Crippen LogP contribution in [0.3, 0.4) is 0 Å².